The van der Waals surface area contributed by atoms with E-state index in [1.807, 2.05) is 0 Å². The Morgan fingerprint density at radius 1 is 1.85 bits per heavy atom. The zero-order valence-electron chi connectivity index (χ0n) is 7.75. The van der Waals surface area contributed by atoms with Crippen molar-refractivity contribution in [2.75, 3.05) is 26.7 Å². The van der Waals surface area contributed by atoms with Crippen LogP contribution in [0.25, 0.3) is 0 Å². The Bertz CT molecular complexity index is 224. The van der Waals surface area contributed by atoms with Crippen molar-refractivity contribution < 1.29 is 4.74 Å². The van der Waals surface area contributed by atoms with Gasteiger partial charge in [-0.2, -0.15) is 0 Å². The van der Waals surface area contributed by atoms with Gasteiger partial charge < -0.3 is 15.0 Å². The monoisotopic (exact) mass is 198 g/mol. The maximum Gasteiger partial charge on any atom is 0.169 e. The van der Waals surface area contributed by atoms with Crippen LogP contribution in [0, 0.1) is 12.3 Å². The molecular weight excluding hydrogens is 184 g/mol. The van der Waals surface area contributed by atoms with E-state index in [4.69, 9.17) is 23.4 Å². The molecule has 1 aliphatic heterocycles. The number of terminal acetylenes is 1. The van der Waals surface area contributed by atoms with E-state index in [1.54, 1.807) is 7.11 Å². The van der Waals surface area contributed by atoms with Crippen LogP contribution in [0.5, 0.6) is 0 Å². The second kappa shape index (κ2) is 5.05. The van der Waals surface area contributed by atoms with E-state index in [1.165, 1.54) is 0 Å². The average Bonchev–Trinajstić information content (AvgIpc) is 2.62. The van der Waals surface area contributed by atoms with Gasteiger partial charge in [-0.3, -0.25) is 0 Å². The first-order valence-electron chi connectivity index (χ1n) is 4.27. The van der Waals surface area contributed by atoms with Gasteiger partial charge in [0, 0.05) is 20.2 Å². The Labute approximate surface area is 84.4 Å². The molecule has 3 nitrogen and oxygen atoms in total. The van der Waals surface area contributed by atoms with Gasteiger partial charge in [-0.25, -0.2) is 0 Å². The van der Waals surface area contributed by atoms with E-state index in [9.17, 15) is 0 Å². The summed E-state index contributed by atoms with van der Waals surface area (Å²) < 4.78 is 5.23. The maximum absolute atomic E-state index is 5.23. The van der Waals surface area contributed by atoms with Gasteiger partial charge in [0.15, 0.2) is 5.11 Å². The zero-order valence-corrected chi connectivity index (χ0v) is 8.56. The molecule has 1 atom stereocenters. The summed E-state index contributed by atoms with van der Waals surface area (Å²) in [6.45, 7) is 2.31. The topological polar surface area (TPSA) is 24.5 Å². The van der Waals surface area contributed by atoms with Crippen LogP contribution in [-0.4, -0.2) is 42.9 Å². The lowest BCUT2D eigenvalue weighted by atomic mass is 10.3. The van der Waals surface area contributed by atoms with Crippen molar-refractivity contribution in [2.24, 2.45) is 0 Å². The van der Waals surface area contributed by atoms with E-state index in [2.05, 4.69) is 16.1 Å². The third-order valence-electron chi connectivity index (χ3n) is 2.11. The van der Waals surface area contributed by atoms with Gasteiger partial charge in [0.05, 0.1) is 12.6 Å². The van der Waals surface area contributed by atoms with Crippen LogP contribution in [0.3, 0.4) is 0 Å². The summed E-state index contributed by atoms with van der Waals surface area (Å²) in [6, 6.07) is 0. The van der Waals surface area contributed by atoms with Crippen molar-refractivity contribution in [1.29, 1.82) is 0 Å². The standard InChI is InChI=1S/C9H14N2OS/c1-3-5-10-9(13)11-6-4-8(7-11)12-2/h1,8H,4-7H2,2H3,(H,10,13)/t8-/m0/s1. The molecule has 1 aliphatic rings. The molecule has 13 heavy (non-hydrogen) atoms. The third-order valence-corrected chi connectivity index (χ3v) is 2.51. The highest BCUT2D eigenvalue weighted by Crippen LogP contribution is 2.11. The van der Waals surface area contributed by atoms with Crippen molar-refractivity contribution in [3.63, 3.8) is 0 Å². The minimum Gasteiger partial charge on any atom is -0.380 e. The smallest absolute Gasteiger partial charge is 0.169 e. The fourth-order valence-corrected chi connectivity index (χ4v) is 1.58. The van der Waals surface area contributed by atoms with Gasteiger partial charge in [0.2, 0.25) is 0 Å². The molecule has 0 amide bonds. The third kappa shape index (κ3) is 2.87. The van der Waals surface area contributed by atoms with Crippen LogP contribution in [0.4, 0.5) is 0 Å². The summed E-state index contributed by atoms with van der Waals surface area (Å²) in [4.78, 5) is 2.08. The minimum absolute atomic E-state index is 0.311. The minimum atomic E-state index is 0.311. The summed E-state index contributed by atoms with van der Waals surface area (Å²) in [5.74, 6) is 2.49. The largest absolute Gasteiger partial charge is 0.380 e. The van der Waals surface area contributed by atoms with Gasteiger partial charge in [-0.15, -0.1) is 6.42 Å². The van der Waals surface area contributed by atoms with Gasteiger partial charge in [-0.1, -0.05) is 5.92 Å². The van der Waals surface area contributed by atoms with Crippen molar-refractivity contribution in [3.05, 3.63) is 0 Å². The number of ether oxygens (including phenoxy) is 1. The zero-order chi connectivity index (χ0) is 9.68. The molecule has 0 unspecified atom stereocenters. The molecule has 1 saturated heterocycles. The van der Waals surface area contributed by atoms with Crippen LogP contribution in [0.15, 0.2) is 0 Å². The van der Waals surface area contributed by atoms with Crippen molar-refractivity contribution in [2.45, 2.75) is 12.5 Å². The molecule has 4 heteroatoms. The molecule has 1 fully saturated rings. The van der Waals surface area contributed by atoms with Crippen molar-refractivity contribution in [3.8, 4) is 12.3 Å². The predicted octanol–water partition coefficient (Wildman–Crippen LogP) is 0.215. The highest BCUT2D eigenvalue weighted by atomic mass is 32.1. The molecule has 0 aromatic heterocycles. The second-order valence-electron chi connectivity index (χ2n) is 2.96. The molecule has 0 saturated carbocycles. The molecule has 0 aromatic carbocycles. The highest BCUT2D eigenvalue weighted by Gasteiger charge is 2.23. The summed E-state index contributed by atoms with van der Waals surface area (Å²) in [6.07, 6.45) is 6.46. The van der Waals surface area contributed by atoms with E-state index < -0.39 is 0 Å². The fourth-order valence-electron chi connectivity index (χ4n) is 1.34. The summed E-state index contributed by atoms with van der Waals surface area (Å²) in [5.41, 5.74) is 0. The lowest BCUT2D eigenvalue weighted by molar-refractivity contribution is 0.114. The summed E-state index contributed by atoms with van der Waals surface area (Å²) in [5, 5.41) is 3.72. The lowest BCUT2D eigenvalue weighted by Crippen LogP contribution is -2.38. The van der Waals surface area contributed by atoms with Gasteiger partial charge in [-0.05, 0) is 18.6 Å². The molecule has 0 aromatic rings. The van der Waals surface area contributed by atoms with Crippen LogP contribution in [-0.2, 0) is 4.74 Å². The van der Waals surface area contributed by atoms with Gasteiger partial charge in [0.25, 0.3) is 0 Å². The van der Waals surface area contributed by atoms with E-state index in [0.717, 1.165) is 24.6 Å². The highest BCUT2D eigenvalue weighted by molar-refractivity contribution is 7.80. The average molecular weight is 198 g/mol. The van der Waals surface area contributed by atoms with Crippen LogP contribution < -0.4 is 5.32 Å². The first-order chi connectivity index (χ1) is 6.27. The SMILES string of the molecule is C#CCNC(=S)N1CC[C@H](OC)C1. The second-order valence-corrected chi connectivity index (χ2v) is 3.34. The van der Waals surface area contributed by atoms with Gasteiger partial charge in [0.1, 0.15) is 0 Å². The molecule has 1 rings (SSSR count). The molecule has 0 spiro atoms. The molecule has 1 N–H and O–H groups in total. The Hall–Kier alpha value is -0.790. The van der Waals surface area contributed by atoms with Crippen LogP contribution >= 0.6 is 12.2 Å². The summed E-state index contributed by atoms with van der Waals surface area (Å²) in [7, 11) is 1.73. The van der Waals surface area contributed by atoms with Crippen LogP contribution in [0.1, 0.15) is 6.42 Å². The van der Waals surface area contributed by atoms with Crippen LogP contribution in [0.2, 0.25) is 0 Å². The quantitative estimate of drug-likeness (QED) is 0.506. The number of rotatable bonds is 2. The van der Waals surface area contributed by atoms with E-state index in [-0.39, 0.29) is 0 Å². The Balaban J connectivity index is 2.30. The number of hydrogen-bond acceptors (Lipinski definition) is 2. The molecule has 0 radical (unpaired) electrons. The number of hydrogen-bond donors (Lipinski definition) is 1. The molecule has 1 heterocycles. The molecular formula is C9H14N2OS. The van der Waals surface area contributed by atoms with Crippen molar-refractivity contribution >= 4 is 17.3 Å². The first-order valence-corrected chi connectivity index (χ1v) is 4.67. The Morgan fingerprint density at radius 2 is 2.62 bits per heavy atom. The first kappa shape index (κ1) is 10.3. The normalized spacial score (nSPS) is 21.2. The Morgan fingerprint density at radius 3 is 3.15 bits per heavy atom. The van der Waals surface area contributed by atoms with Gasteiger partial charge >= 0.3 is 0 Å². The number of thiocarbonyl (C=S) groups is 1. The fraction of sp³-hybridized carbons (Fsp3) is 0.667. The lowest BCUT2D eigenvalue weighted by Gasteiger charge is -2.19. The number of likely N-dealkylation sites (tertiary alicyclic amines) is 1. The summed E-state index contributed by atoms with van der Waals surface area (Å²) >= 11 is 5.14. The molecule has 0 bridgehead atoms. The van der Waals surface area contributed by atoms with E-state index >= 15 is 0 Å². The maximum atomic E-state index is 5.23. The molecule has 72 valence electrons. The number of methoxy groups -OCH3 is 1. The number of nitrogens with zero attached hydrogens (tertiary/aromatic N) is 1. The van der Waals surface area contributed by atoms with E-state index in [0.29, 0.717) is 12.6 Å². The predicted molar refractivity (Wildman–Crippen MR) is 56.4 cm³/mol. The number of nitrogens with one attached hydrogen (secondary N) is 1. The van der Waals surface area contributed by atoms with Crippen molar-refractivity contribution in [1.82, 2.24) is 10.2 Å². The molecule has 0 aliphatic carbocycles. The Kier molecular flexibility index (Phi) is 4.00.